The third-order valence-corrected chi connectivity index (χ3v) is 2.01. The molecule has 0 aromatic carbocycles. The molecule has 0 rings (SSSR count). The van der Waals surface area contributed by atoms with Gasteiger partial charge in [0.1, 0.15) is 0 Å². The van der Waals surface area contributed by atoms with Gasteiger partial charge in [0, 0.05) is 19.6 Å². The molecule has 4 heteroatoms. The van der Waals surface area contributed by atoms with Gasteiger partial charge in [0.15, 0.2) is 0 Å². The Morgan fingerprint density at radius 2 is 1.75 bits per heavy atom. The molecule has 0 radical (unpaired) electrons. The minimum absolute atomic E-state index is 0. The number of allylic oxidation sites excluding steroid dienone is 3. The van der Waals surface area contributed by atoms with Gasteiger partial charge in [0.05, 0.1) is 0 Å². The molecule has 16 heavy (non-hydrogen) atoms. The molecule has 0 saturated heterocycles. The lowest BCUT2D eigenvalue weighted by Crippen LogP contribution is -2.22. The van der Waals surface area contributed by atoms with E-state index in [0.717, 1.165) is 25.9 Å². The molecule has 0 atom stereocenters. The first-order valence-electron chi connectivity index (χ1n) is 5.36. The Labute approximate surface area is 113 Å². The standard InChI is InChI=1S/C12H24N2.2ClH/c1-11(2)5-4-6-12(3)7-9-14-10-8-13;;/h5,7,14H,4,6,8-10,13H2,1-3H3;2*1H/b12-7+;;. The van der Waals surface area contributed by atoms with Crippen molar-refractivity contribution in [2.45, 2.75) is 33.6 Å². The average molecular weight is 269 g/mol. The first-order valence-corrected chi connectivity index (χ1v) is 5.36. The predicted molar refractivity (Wildman–Crippen MR) is 78.8 cm³/mol. The highest BCUT2D eigenvalue weighted by molar-refractivity contribution is 5.85. The van der Waals surface area contributed by atoms with Crippen LogP contribution in [0.4, 0.5) is 0 Å². The SMILES string of the molecule is CC(C)=CCC/C(C)=C/CNCCN.Cl.Cl. The fraction of sp³-hybridized carbons (Fsp3) is 0.667. The van der Waals surface area contributed by atoms with Crippen LogP contribution in [0.5, 0.6) is 0 Å². The summed E-state index contributed by atoms with van der Waals surface area (Å²) in [7, 11) is 0. The quantitative estimate of drug-likeness (QED) is 0.550. The molecule has 98 valence electrons. The highest BCUT2D eigenvalue weighted by atomic mass is 35.5. The van der Waals surface area contributed by atoms with Crippen molar-refractivity contribution in [2.75, 3.05) is 19.6 Å². The van der Waals surface area contributed by atoms with Crippen LogP contribution in [0.2, 0.25) is 0 Å². The molecule has 0 unspecified atom stereocenters. The van der Waals surface area contributed by atoms with E-state index in [1.807, 2.05) is 0 Å². The summed E-state index contributed by atoms with van der Waals surface area (Å²) in [6.45, 7) is 9.02. The fourth-order valence-corrected chi connectivity index (χ4v) is 1.14. The van der Waals surface area contributed by atoms with E-state index in [9.17, 15) is 0 Å². The minimum Gasteiger partial charge on any atom is -0.329 e. The highest BCUT2D eigenvalue weighted by Gasteiger charge is 1.88. The Kier molecular flexibility index (Phi) is 19.9. The molecule has 0 heterocycles. The summed E-state index contributed by atoms with van der Waals surface area (Å²) in [5.41, 5.74) is 8.22. The van der Waals surface area contributed by atoms with Crippen molar-refractivity contribution >= 4 is 24.8 Å². The van der Waals surface area contributed by atoms with Crippen LogP contribution in [-0.4, -0.2) is 19.6 Å². The van der Waals surface area contributed by atoms with Crippen LogP contribution in [0.15, 0.2) is 23.3 Å². The third-order valence-electron chi connectivity index (χ3n) is 2.01. The van der Waals surface area contributed by atoms with Gasteiger partial charge in [-0.2, -0.15) is 0 Å². The van der Waals surface area contributed by atoms with Crippen molar-refractivity contribution in [1.82, 2.24) is 5.32 Å². The molecule has 2 nitrogen and oxygen atoms in total. The molecular weight excluding hydrogens is 243 g/mol. The number of hydrogen-bond donors (Lipinski definition) is 2. The summed E-state index contributed by atoms with van der Waals surface area (Å²) in [5.74, 6) is 0. The maximum absolute atomic E-state index is 5.37. The summed E-state index contributed by atoms with van der Waals surface area (Å²) < 4.78 is 0. The van der Waals surface area contributed by atoms with Crippen molar-refractivity contribution in [3.05, 3.63) is 23.3 Å². The van der Waals surface area contributed by atoms with E-state index >= 15 is 0 Å². The molecule has 0 amide bonds. The van der Waals surface area contributed by atoms with Crippen LogP contribution in [0, 0.1) is 0 Å². The number of nitrogens with two attached hydrogens (primary N) is 1. The Hall–Kier alpha value is -0.0200. The lowest BCUT2D eigenvalue weighted by atomic mass is 10.1. The van der Waals surface area contributed by atoms with E-state index in [1.165, 1.54) is 11.1 Å². The highest BCUT2D eigenvalue weighted by Crippen LogP contribution is 2.05. The number of nitrogens with one attached hydrogen (secondary N) is 1. The molecule has 0 aromatic rings. The molecule has 0 aliphatic heterocycles. The zero-order valence-corrected chi connectivity index (χ0v) is 12.2. The molecule has 3 N–H and O–H groups in total. The van der Waals surface area contributed by atoms with Crippen molar-refractivity contribution in [1.29, 1.82) is 0 Å². The molecule has 0 saturated carbocycles. The summed E-state index contributed by atoms with van der Waals surface area (Å²) in [6, 6.07) is 0. The molecule has 0 aromatic heterocycles. The lowest BCUT2D eigenvalue weighted by Gasteiger charge is -2.01. The van der Waals surface area contributed by atoms with Gasteiger partial charge in [-0.25, -0.2) is 0 Å². The maximum atomic E-state index is 5.37. The smallest absolute Gasteiger partial charge is 0.0137 e. The van der Waals surface area contributed by atoms with Crippen LogP contribution in [0.1, 0.15) is 33.6 Å². The average Bonchev–Trinajstić information content (AvgIpc) is 2.12. The third kappa shape index (κ3) is 16.4. The van der Waals surface area contributed by atoms with Gasteiger partial charge in [-0.3, -0.25) is 0 Å². The lowest BCUT2D eigenvalue weighted by molar-refractivity contribution is 0.748. The first-order chi connectivity index (χ1) is 6.66. The number of hydrogen-bond acceptors (Lipinski definition) is 2. The van der Waals surface area contributed by atoms with E-state index in [-0.39, 0.29) is 24.8 Å². The van der Waals surface area contributed by atoms with Crippen LogP contribution in [0.3, 0.4) is 0 Å². The van der Waals surface area contributed by atoms with Crippen molar-refractivity contribution in [3.8, 4) is 0 Å². The van der Waals surface area contributed by atoms with Crippen LogP contribution >= 0.6 is 24.8 Å². The largest absolute Gasteiger partial charge is 0.329 e. The van der Waals surface area contributed by atoms with Gasteiger partial charge >= 0.3 is 0 Å². The first kappa shape index (κ1) is 21.3. The second kappa shape index (κ2) is 15.0. The van der Waals surface area contributed by atoms with E-state index in [1.54, 1.807) is 0 Å². The van der Waals surface area contributed by atoms with E-state index in [4.69, 9.17) is 5.73 Å². The summed E-state index contributed by atoms with van der Waals surface area (Å²) in [5, 5.41) is 3.25. The Morgan fingerprint density at radius 3 is 2.25 bits per heavy atom. The maximum Gasteiger partial charge on any atom is 0.0137 e. The topological polar surface area (TPSA) is 38.0 Å². The van der Waals surface area contributed by atoms with Gasteiger partial charge in [-0.1, -0.05) is 23.3 Å². The Balaban J connectivity index is -0.000000845. The second-order valence-electron chi connectivity index (χ2n) is 3.86. The van der Waals surface area contributed by atoms with Crippen LogP contribution in [-0.2, 0) is 0 Å². The van der Waals surface area contributed by atoms with Crippen molar-refractivity contribution in [3.63, 3.8) is 0 Å². The van der Waals surface area contributed by atoms with E-state index < -0.39 is 0 Å². The predicted octanol–water partition coefficient (Wildman–Crippen LogP) is 3.07. The van der Waals surface area contributed by atoms with Crippen molar-refractivity contribution < 1.29 is 0 Å². The van der Waals surface area contributed by atoms with E-state index in [2.05, 4.69) is 38.2 Å². The minimum atomic E-state index is 0. The van der Waals surface area contributed by atoms with Gasteiger partial charge in [-0.05, 0) is 33.6 Å². The number of halogens is 2. The van der Waals surface area contributed by atoms with Gasteiger partial charge in [0.2, 0.25) is 0 Å². The van der Waals surface area contributed by atoms with Crippen LogP contribution in [0.25, 0.3) is 0 Å². The molecule has 0 aliphatic rings. The fourth-order valence-electron chi connectivity index (χ4n) is 1.14. The monoisotopic (exact) mass is 268 g/mol. The van der Waals surface area contributed by atoms with Gasteiger partial charge < -0.3 is 11.1 Å². The molecular formula is C12H26Cl2N2. The second-order valence-corrected chi connectivity index (χ2v) is 3.86. The Bertz CT molecular complexity index is 197. The van der Waals surface area contributed by atoms with Gasteiger partial charge in [-0.15, -0.1) is 24.8 Å². The van der Waals surface area contributed by atoms with Gasteiger partial charge in [0.25, 0.3) is 0 Å². The molecule has 0 spiro atoms. The number of rotatable bonds is 7. The summed E-state index contributed by atoms with van der Waals surface area (Å²) >= 11 is 0. The summed E-state index contributed by atoms with van der Waals surface area (Å²) in [6.07, 6.45) is 6.84. The van der Waals surface area contributed by atoms with Crippen molar-refractivity contribution in [2.24, 2.45) is 5.73 Å². The van der Waals surface area contributed by atoms with Crippen LogP contribution < -0.4 is 11.1 Å². The zero-order valence-electron chi connectivity index (χ0n) is 10.6. The Morgan fingerprint density at radius 1 is 1.12 bits per heavy atom. The van der Waals surface area contributed by atoms with E-state index in [0.29, 0.717) is 6.54 Å². The zero-order chi connectivity index (χ0) is 10.8. The normalized spacial score (nSPS) is 10.1. The summed E-state index contributed by atoms with van der Waals surface area (Å²) in [4.78, 5) is 0. The molecule has 0 fully saturated rings. The molecule has 0 bridgehead atoms. The molecule has 0 aliphatic carbocycles.